The highest BCUT2D eigenvalue weighted by Gasteiger charge is 2.10. The van der Waals surface area contributed by atoms with E-state index in [1.54, 1.807) is 18.2 Å². The Morgan fingerprint density at radius 1 is 1.10 bits per heavy atom. The maximum Gasteiger partial charge on any atom is 0.131 e. The molecule has 0 fully saturated rings. The second-order valence-corrected chi connectivity index (χ2v) is 5.50. The Bertz CT molecular complexity index is 632. The van der Waals surface area contributed by atoms with E-state index in [-0.39, 0.29) is 5.84 Å². The Balaban J connectivity index is 1.90. The Kier molecular flexibility index (Phi) is 5.47. The molecule has 2 rings (SSSR count). The van der Waals surface area contributed by atoms with E-state index in [2.05, 4.69) is 15.9 Å². The fourth-order valence-electron chi connectivity index (χ4n) is 1.73. The Hall–Kier alpha value is -1.72. The summed E-state index contributed by atoms with van der Waals surface area (Å²) in [6.07, 6.45) is 0. The van der Waals surface area contributed by atoms with Crippen molar-refractivity contribution in [2.75, 3.05) is 13.2 Å². The van der Waals surface area contributed by atoms with Crippen LogP contribution in [0.25, 0.3) is 0 Å². The number of benzene rings is 2. The average Bonchev–Trinajstić information content (AvgIpc) is 2.45. The molecule has 6 heteroatoms. The molecule has 0 aromatic heterocycles. The van der Waals surface area contributed by atoms with Crippen molar-refractivity contribution in [3.05, 3.63) is 57.5 Å². The second-order valence-electron chi connectivity index (χ2n) is 4.18. The number of halogens is 2. The lowest BCUT2D eigenvalue weighted by atomic mass is 10.2. The molecule has 0 atom stereocenters. The van der Waals surface area contributed by atoms with Gasteiger partial charge in [0.25, 0.3) is 0 Å². The van der Waals surface area contributed by atoms with E-state index in [4.69, 9.17) is 32.2 Å². The minimum Gasteiger partial charge on any atom is -0.490 e. The van der Waals surface area contributed by atoms with E-state index in [1.807, 2.05) is 24.3 Å². The van der Waals surface area contributed by atoms with Gasteiger partial charge in [0.05, 0.1) is 10.6 Å². The maximum atomic E-state index is 7.53. The lowest BCUT2D eigenvalue weighted by Crippen LogP contribution is -2.16. The van der Waals surface area contributed by atoms with Gasteiger partial charge in [-0.25, -0.2) is 0 Å². The average molecular weight is 370 g/mol. The number of rotatable bonds is 6. The molecular formula is C15H14BrClN2O2. The Morgan fingerprint density at radius 3 is 2.43 bits per heavy atom. The standard InChI is InChI=1S/C15H14BrClN2O2/c16-10-4-6-11(7-5-10)20-8-9-21-13-3-1-2-12(17)14(13)15(18)19/h1-7H,8-9H2,(H3,18,19). The molecule has 0 spiro atoms. The molecule has 0 radical (unpaired) electrons. The monoisotopic (exact) mass is 368 g/mol. The molecule has 0 aliphatic carbocycles. The number of nitrogens with two attached hydrogens (primary N) is 1. The van der Waals surface area contributed by atoms with Crippen molar-refractivity contribution in [2.24, 2.45) is 5.73 Å². The Morgan fingerprint density at radius 2 is 1.76 bits per heavy atom. The molecule has 0 heterocycles. The number of nitrogens with one attached hydrogen (secondary N) is 1. The summed E-state index contributed by atoms with van der Waals surface area (Å²) < 4.78 is 12.1. The minimum atomic E-state index is -0.121. The highest BCUT2D eigenvalue weighted by atomic mass is 79.9. The van der Waals surface area contributed by atoms with Crippen LogP contribution in [0.15, 0.2) is 46.9 Å². The van der Waals surface area contributed by atoms with Gasteiger partial charge in [-0.3, -0.25) is 5.41 Å². The lowest BCUT2D eigenvalue weighted by molar-refractivity contribution is 0.217. The van der Waals surface area contributed by atoms with Gasteiger partial charge in [-0.15, -0.1) is 0 Å². The van der Waals surface area contributed by atoms with Crippen LogP contribution in [0.1, 0.15) is 5.56 Å². The van der Waals surface area contributed by atoms with E-state index in [0.717, 1.165) is 10.2 Å². The summed E-state index contributed by atoms with van der Waals surface area (Å²) >= 11 is 9.37. The van der Waals surface area contributed by atoms with Crippen LogP contribution in [0.5, 0.6) is 11.5 Å². The molecule has 21 heavy (non-hydrogen) atoms. The highest BCUT2D eigenvalue weighted by Crippen LogP contribution is 2.25. The fourth-order valence-corrected chi connectivity index (χ4v) is 2.26. The molecular weight excluding hydrogens is 356 g/mol. The van der Waals surface area contributed by atoms with Crippen molar-refractivity contribution in [1.82, 2.24) is 0 Å². The third-order valence-electron chi connectivity index (χ3n) is 2.67. The van der Waals surface area contributed by atoms with Gasteiger partial charge in [0, 0.05) is 4.47 Å². The van der Waals surface area contributed by atoms with Crippen LogP contribution in [0.4, 0.5) is 0 Å². The summed E-state index contributed by atoms with van der Waals surface area (Å²) in [7, 11) is 0. The largest absolute Gasteiger partial charge is 0.490 e. The minimum absolute atomic E-state index is 0.121. The summed E-state index contributed by atoms with van der Waals surface area (Å²) in [4.78, 5) is 0. The summed E-state index contributed by atoms with van der Waals surface area (Å²) in [5, 5.41) is 7.93. The fraction of sp³-hybridized carbons (Fsp3) is 0.133. The van der Waals surface area contributed by atoms with Crippen LogP contribution in [0.3, 0.4) is 0 Å². The highest BCUT2D eigenvalue weighted by molar-refractivity contribution is 9.10. The van der Waals surface area contributed by atoms with Gasteiger partial charge in [-0.1, -0.05) is 33.6 Å². The number of nitrogen functional groups attached to an aromatic ring is 1. The third kappa shape index (κ3) is 4.37. The zero-order valence-electron chi connectivity index (χ0n) is 11.1. The van der Waals surface area contributed by atoms with E-state index in [9.17, 15) is 0 Å². The van der Waals surface area contributed by atoms with Crippen LogP contribution < -0.4 is 15.2 Å². The smallest absolute Gasteiger partial charge is 0.131 e. The van der Waals surface area contributed by atoms with Crippen molar-refractivity contribution in [3.8, 4) is 11.5 Å². The molecule has 110 valence electrons. The molecule has 3 N–H and O–H groups in total. The first-order valence-electron chi connectivity index (χ1n) is 6.22. The first kappa shape index (κ1) is 15.7. The number of hydrogen-bond acceptors (Lipinski definition) is 3. The summed E-state index contributed by atoms with van der Waals surface area (Å²) in [6.45, 7) is 0.710. The van der Waals surface area contributed by atoms with Crippen molar-refractivity contribution in [3.63, 3.8) is 0 Å². The van der Waals surface area contributed by atoms with Gasteiger partial charge in [0.15, 0.2) is 0 Å². The van der Waals surface area contributed by atoms with Crippen LogP contribution in [0.2, 0.25) is 5.02 Å². The maximum absolute atomic E-state index is 7.53. The zero-order valence-corrected chi connectivity index (χ0v) is 13.4. The zero-order chi connectivity index (χ0) is 15.2. The van der Waals surface area contributed by atoms with E-state index in [1.165, 1.54) is 0 Å². The molecule has 2 aromatic rings. The predicted molar refractivity (Wildman–Crippen MR) is 87.6 cm³/mol. The van der Waals surface area contributed by atoms with Gasteiger partial charge in [-0.2, -0.15) is 0 Å². The van der Waals surface area contributed by atoms with Crippen LogP contribution in [-0.2, 0) is 0 Å². The molecule has 0 aliphatic heterocycles. The SMILES string of the molecule is N=C(N)c1c(Cl)cccc1OCCOc1ccc(Br)cc1. The summed E-state index contributed by atoms with van der Waals surface area (Å²) in [5.41, 5.74) is 5.91. The van der Waals surface area contributed by atoms with Gasteiger partial charge < -0.3 is 15.2 Å². The van der Waals surface area contributed by atoms with Gasteiger partial charge in [0.2, 0.25) is 0 Å². The molecule has 0 unspecified atom stereocenters. The molecule has 0 saturated heterocycles. The second kappa shape index (κ2) is 7.33. The van der Waals surface area contributed by atoms with E-state index < -0.39 is 0 Å². The number of ether oxygens (including phenoxy) is 2. The third-order valence-corrected chi connectivity index (χ3v) is 3.51. The van der Waals surface area contributed by atoms with Gasteiger partial charge in [-0.05, 0) is 36.4 Å². The molecule has 4 nitrogen and oxygen atoms in total. The normalized spacial score (nSPS) is 10.2. The van der Waals surface area contributed by atoms with Crippen molar-refractivity contribution in [1.29, 1.82) is 5.41 Å². The van der Waals surface area contributed by atoms with Crippen molar-refractivity contribution in [2.45, 2.75) is 0 Å². The topological polar surface area (TPSA) is 68.3 Å². The lowest BCUT2D eigenvalue weighted by Gasteiger charge is -2.12. The number of amidine groups is 1. The molecule has 2 aromatic carbocycles. The van der Waals surface area contributed by atoms with E-state index >= 15 is 0 Å². The first-order chi connectivity index (χ1) is 10.1. The number of hydrogen-bond donors (Lipinski definition) is 2. The first-order valence-corrected chi connectivity index (χ1v) is 7.39. The predicted octanol–water partition coefficient (Wildman–Crippen LogP) is 3.84. The van der Waals surface area contributed by atoms with Gasteiger partial charge in [0.1, 0.15) is 30.5 Å². The van der Waals surface area contributed by atoms with E-state index in [0.29, 0.717) is 29.5 Å². The quantitative estimate of drug-likeness (QED) is 0.462. The Labute approximate surface area is 136 Å². The summed E-state index contributed by atoms with van der Waals surface area (Å²) in [6, 6.07) is 12.7. The van der Waals surface area contributed by atoms with Crippen LogP contribution in [0, 0.1) is 5.41 Å². The molecule has 0 bridgehead atoms. The summed E-state index contributed by atoms with van der Waals surface area (Å²) in [5.74, 6) is 1.12. The van der Waals surface area contributed by atoms with Crippen LogP contribution in [-0.4, -0.2) is 19.0 Å². The van der Waals surface area contributed by atoms with Gasteiger partial charge >= 0.3 is 0 Å². The van der Waals surface area contributed by atoms with Crippen molar-refractivity contribution >= 4 is 33.4 Å². The van der Waals surface area contributed by atoms with Crippen molar-refractivity contribution < 1.29 is 9.47 Å². The molecule has 0 aliphatic rings. The molecule has 0 amide bonds. The molecule has 0 saturated carbocycles. The van der Waals surface area contributed by atoms with Crippen LogP contribution >= 0.6 is 27.5 Å².